The molecule has 2 aromatic rings. The van der Waals surface area contributed by atoms with E-state index in [9.17, 15) is 0 Å². The van der Waals surface area contributed by atoms with E-state index in [1.807, 2.05) is 25.3 Å². The zero-order chi connectivity index (χ0) is 15.2. The number of aryl methyl sites for hydroxylation is 1. The van der Waals surface area contributed by atoms with Gasteiger partial charge < -0.3 is 9.84 Å². The van der Waals surface area contributed by atoms with Crippen molar-refractivity contribution in [2.45, 2.75) is 45.3 Å². The number of hydrogen-bond donors (Lipinski definition) is 1. The lowest BCUT2D eigenvalue weighted by Gasteiger charge is -2.30. The number of rotatable bonds is 5. The molecule has 3 rings (SSSR count). The number of hydrogen-bond acceptors (Lipinski definition) is 5. The van der Waals surface area contributed by atoms with Crippen LogP contribution in [0.2, 0.25) is 0 Å². The molecule has 1 atom stereocenters. The summed E-state index contributed by atoms with van der Waals surface area (Å²) >= 11 is 0. The van der Waals surface area contributed by atoms with Crippen LogP contribution in [0.4, 0.5) is 0 Å². The average Bonchev–Trinajstić information content (AvgIpc) is 2.78. The second-order valence-corrected chi connectivity index (χ2v) is 5.99. The predicted octanol–water partition coefficient (Wildman–Crippen LogP) is 2.94. The third-order valence-corrected chi connectivity index (χ3v) is 4.19. The largest absolute Gasteiger partial charge is 0.361 e. The summed E-state index contributed by atoms with van der Waals surface area (Å²) in [7, 11) is 0. The van der Waals surface area contributed by atoms with Gasteiger partial charge in [0.2, 0.25) is 0 Å². The lowest BCUT2D eigenvalue weighted by molar-refractivity contribution is 0.158. The zero-order valence-corrected chi connectivity index (χ0v) is 14.4. The zero-order valence-electron chi connectivity index (χ0n) is 13.6. The summed E-state index contributed by atoms with van der Waals surface area (Å²) in [5.74, 6) is 0.871. The molecule has 1 N–H and O–H groups in total. The molecule has 0 aliphatic carbocycles. The standard InChI is InChI=1S/C17H24N4O.ClH/c1-14-11-16(20-22-14)13-21(12-15-5-2-3-9-19-15)17-6-4-8-18-10-7-17;/h2-3,5,9,11,17-18H,4,6-8,10,12-13H2,1H3;1H. The molecule has 0 saturated carbocycles. The molecule has 2 aromatic heterocycles. The van der Waals surface area contributed by atoms with Crippen molar-refractivity contribution >= 4 is 12.4 Å². The summed E-state index contributed by atoms with van der Waals surface area (Å²) in [6.07, 6.45) is 5.48. The van der Waals surface area contributed by atoms with E-state index in [2.05, 4.69) is 32.5 Å². The summed E-state index contributed by atoms with van der Waals surface area (Å²) in [4.78, 5) is 6.98. The Morgan fingerprint density at radius 2 is 2.09 bits per heavy atom. The van der Waals surface area contributed by atoms with Gasteiger partial charge in [-0.15, -0.1) is 12.4 Å². The summed E-state index contributed by atoms with van der Waals surface area (Å²) in [5, 5.41) is 7.65. The normalized spacial score (nSPS) is 18.4. The predicted molar refractivity (Wildman–Crippen MR) is 92.5 cm³/mol. The van der Waals surface area contributed by atoms with E-state index < -0.39 is 0 Å². The topological polar surface area (TPSA) is 54.2 Å². The van der Waals surface area contributed by atoms with Gasteiger partial charge in [0.15, 0.2) is 0 Å². The number of halogens is 1. The Hall–Kier alpha value is -1.43. The van der Waals surface area contributed by atoms with Crippen molar-refractivity contribution in [2.24, 2.45) is 0 Å². The fourth-order valence-electron chi connectivity index (χ4n) is 3.08. The van der Waals surface area contributed by atoms with Gasteiger partial charge in [0.25, 0.3) is 0 Å². The van der Waals surface area contributed by atoms with Crippen LogP contribution in [0.15, 0.2) is 35.0 Å². The second kappa shape index (κ2) is 9.01. The van der Waals surface area contributed by atoms with Crippen LogP contribution in [0.25, 0.3) is 0 Å². The molecule has 1 fully saturated rings. The molecule has 0 aromatic carbocycles. The summed E-state index contributed by atoms with van der Waals surface area (Å²) in [6.45, 7) is 5.82. The van der Waals surface area contributed by atoms with Crippen molar-refractivity contribution in [3.05, 3.63) is 47.6 Å². The molecule has 5 nitrogen and oxygen atoms in total. The summed E-state index contributed by atoms with van der Waals surface area (Å²) < 4.78 is 5.22. The SMILES string of the molecule is Cc1cc(CN(Cc2ccccn2)C2CCCNCC2)no1.Cl. The first-order valence-electron chi connectivity index (χ1n) is 8.08. The van der Waals surface area contributed by atoms with E-state index in [0.29, 0.717) is 6.04 Å². The highest BCUT2D eigenvalue weighted by Gasteiger charge is 2.21. The maximum absolute atomic E-state index is 5.22. The van der Waals surface area contributed by atoms with E-state index in [4.69, 9.17) is 4.52 Å². The molecule has 0 bridgehead atoms. The molecular formula is C17H25ClN4O. The number of pyridine rings is 1. The highest BCUT2D eigenvalue weighted by atomic mass is 35.5. The minimum absolute atomic E-state index is 0. The third-order valence-electron chi connectivity index (χ3n) is 4.19. The van der Waals surface area contributed by atoms with Crippen LogP contribution in [0.1, 0.15) is 36.4 Å². The first-order chi connectivity index (χ1) is 10.8. The molecule has 0 radical (unpaired) electrons. The number of nitrogens with one attached hydrogen (secondary N) is 1. The minimum atomic E-state index is 0. The Balaban J connectivity index is 0.00000192. The molecule has 1 unspecified atom stereocenters. The van der Waals surface area contributed by atoms with Gasteiger partial charge >= 0.3 is 0 Å². The van der Waals surface area contributed by atoms with Crippen molar-refractivity contribution in [2.75, 3.05) is 13.1 Å². The van der Waals surface area contributed by atoms with E-state index in [-0.39, 0.29) is 12.4 Å². The van der Waals surface area contributed by atoms with Gasteiger partial charge in [-0.2, -0.15) is 0 Å². The first kappa shape index (κ1) is 17.9. The van der Waals surface area contributed by atoms with E-state index in [1.165, 1.54) is 19.3 Å². The van der Waals surface area contributed by atoms with Crippen molar-refractivity contribution in [3.63, 3.8) is 0 Å². The molecular weight excluding hydrogens is 312 g/mol. The van der Waals surface area contributed by atoms with E-state index in [0.717, 1.165) is 43.3 Å². The Morgan fingerprint density at radius 1 is 1.22 bits per heavy atom. The number of aromatic nitrogens is 2. The molecule has 1 aliphatic heterocycles. The highest BCUT2D eigenvalue weighted by molar-refractivity contribution is 5.85. The van der Waals surface area contributed by atoms with Crippen LogP contribution in [-0.4, -0.2) is 34.2 Å². The van der Waals surface area contributed by atoms with Gasteiger partial charge in [-0.3, -0.25) is 9.88 Å². The van der Waals surface area contributed by atoms with Crippen LogP contribution in [-0.2, 0) is 13.1 Å². The van der Waals surface area contributed by atoms with E-state index in [1.54, 1.807) is 0 Å². The Kier molecular flexibility index (Phi) is 7.02. The lowest BCUT2D eigenvalue weighted by Crippen LogP contribution is -2.35. The smallest absolute Gasteiger partial charge is 0.133 e. The Bertz CT molecular complexity index is 567. The maximum atomic E-state index is 5.22. The lowest BCUT2D eigenvalue weighted by atomic mass is 10.1. The van der Waals surface area contributed by atoms with Crippen LogP contribution in [0.5, 0.6) is 0 Å². The molecule has 6 heteroatoms. The number of nitrogens with zero attached hydrogens (tertiary/aromatic N) is 3. The van der Waals surface area contributed by atoms with Crippen LogP contribution in [0.3, 0.4) is 0 Å². The molecule has 23 heavy (non-hydrogen) atoms. The molecule has 0 spiro atoms. The van der Waals surface area contributed by atoms with Crippen LogP contribution in [0, 0.1) is 6.92 Å². The first-order valence-corrected chi connectivity index (χ1v) is 8.08. The molecule has 126 valence electrons. The average molecular weight is 337 g/mol. The van der Waals surface area contributed by atoms with Gasteiger partial charge in [0.1, 0.15) is 5.76 Å². The summed E-state index contributed by atoms with van der Waals surface area (Å²) in [6, 6.07) is 8.70. The van der Waals surface area contributed by atoms with E-state index >= 15 is 0 Å². The van der Waals surface area contributed by atoms with Crippen LogP contribution < -0.4 is 5.32 Å². The van der Waals surface area contributed by atoms with Crippen molar-refractivity contribution in [3.8, 4) is 0 Å². The van der Waals surface area contributed by atoms with Crippen molar-refractivity contribution in [1.29, 1.82) is 0 Å². The molecule has 1 saturated heterocycles. The van der Waals surface area contributed by atoms with Crippen molar-refractivity contribution in [1.82, 2.24) is 20.4 Å². The monoisotopic (exact) mass is 336 g/mol. The fraction of sp³-hybridized carbons (Fsp3) is 0.529. The van der Waals surface area contributed by atoms with Gasteiger partial charge in [-0.25, -0.2) is 0 Å². The minimum Gasteiger partial charge on any atom is -0.361 e. The molecule has 0 amide bonds. The second-order valence-electron chi connectivity index (χ2n) is 5.99. The van der Waals surface area contributed by atoms with Gasteiger partial charge in [-0.05, 0) is 51.4 Å². The highest BCUT2D eigenvalue weighted by Crippen LogP contribution is 2.19. The molecule has 3 heterocycles. The van der Waals surface area contributed by atoms with Crippen LogP contribution >= 0.6 is 12.4 Å². The van der Waals surface area contributed by atoms with Gasteiger partial charge in [0, 0.05) is 31.4 Å². The van der Waals surface area contributed by atoms with Gasteiger partial charge in [0.05, 0.1) is 11.4 Å². The quantitative estimate of drug-likeness (QED) is 0.909. The molecule has 1 aliphatic rings. The fourth-order valence-corrected chi connectivity index (χ4v) is 3.08. The maximum Gasteiger partial charge on any atom is 0.133 e. The summed E-state index contributed by atoms with van der Waals surface area (Å²) in [5.41, 5.74) is 2.12. The van der Waals surface area contributed by atoms with Crippen molar-refractivity contribution < 1.29 is 4.52 Å². The Morgan fingerprint density at radius 3 is 2.83 bits per heavy atom. The van der Waals surface area contributed by atoms with Gasteiger partial charge in [-0.1, -0.05) is 11.2 Å². The Labute approximate surface area is 143 Å². The third kappa shape index (κ3) is 5.30.